The topological polar surface area (TPSA) is 61.7 Å². The quantitative estimate of drug-likeness (QED) is 0.794. The predicted octanol–water partition coefficient (Wildman–Crippen LogP) is 1.36. The lowest BCUT2D eigenvalue weighted by Gasteiger charge is -2.40. The van der Waals surface area contributed by atoms with Gasteiger partial charge in [-0.05, 0) is 38.8 Å². The van der Waals surface area contributed by atoms with Crippen LogP contribution in [0.1, 0.15) is 49.4 Å². The number of aryl methyl sites for hydroxylation is 1. The average molecular weight is 361 g/mol. The van der Waals surface area contributed by atoms with Crippen molar-refractivity contribution < 1.29 is 9.59 Å². The summed E-state index contributed by atoms with van der Waals surface area (Å²) in [6.07, 6.45) is 9.12. The van der Waals surface area contributed by atoms with E-state index in [1.165, 1.54) is 19.3 Å². The highest BCUT2D eigenvalue weighted by molar-refractivity contribution is 5.93. The fraction of sp³-hybridized carbons (Fsp3) is 0.737. The van der Waals surface area contributed by atoms with Crippen molar-refractivity contribution in [2.75, 3.05) is 39.3 Å². The number of likely N-dealkylation sites (tertiary alicyclic amines) is 2. The molecular weight excluding hydrogens is 330 g/mol. The summed E-state index contributed by atoms with van der Waals surface area (Å²) in [6, 6.07) is 0.117. The molecule has 0 saturated carbocycles. The Hall–Kier alpha value is -1.89. The third-order valence-corrected chi connectivity index (χ3v) is 5.59. The number of hydrogen-bond acceptors (Lipinski definition) is 4. The van der Waals surface area contributed by atoms with E-state index in [1.807, 2.05) is 16.8 Å². The van der Waals surface area contributed by atoms with Crippen molar-refractivity contribution in [1.29, 1.82) is 0 Å². The zero-order valence-corrected chi connectivity index (χ0v) is 16.1. The zero-order valence-electron chi connectivity index (χ0n) is 16.1. The van der Waals surface area contributed by atoms with Gasteiger partial charge in [-0.1, -0.05) is 6.42 Å². The molecule has 26 heavy (non-hydrogen) atoms. The minimum absolute atomic E-state index is 0.0160. The van der Waals surface area contributed by atoms with Gasteiger partial charge in [0.15, 0.2) is 0 Å². The van der Waals surface area contributed by atoms with Crippen LogP contribution in [0.15, 0.2) is 12.4 Å². The Kier molecular flexibility index (Phi) is 6.29. The van der Waals surface area contributed by atoms with Gasteiger partial charge in [-0.15, -0.1) is 0 Å². The van der Waals surface area contributed by atoms with E-state index in [9.17, 15) is 9.59 Å². The molecule has 2 amide bonds. The monoisotopic (exact) mass is 361 g/mol. The Balaban J connectivity index is 1.59. The molecule has 0 bridgehead atoms. The number of carbonyl (C=O) groups excluding carboxylic acids is 2. The molecule has 2 saturated heterocycles. The van der Waals surface area contributed by atoms with Gasteiger partial charge in [0.2, 0.25) is 5.91 Å². The van der Waals surface area contributed by atoms with E-state index in [2.05, 4.69) is 10.00 Å². The van der Waals surface area contributed by atoms with Gasteiger partial charge in [0.1, 0.15) is 0 Å². The second kappa shape index (κ2) is 8.66. The number of carbonyl (C=O) groups is 2. The first-order chi connectivity index (χ1) is 12.5. The highest BCUT2D eigenvalue weighted by Gasteiger charge is 2.30. The fourth-order valence-electron chi connectivity index (χ4n) is 4.14. The molecule has 1 unspecified atom stereocenters. The summed E-state index contributed by atoms with van der Waals surface area (Å²) in [6.45, 7) is 7.00. The molecule has 0 aromatic carbocycles. The molecule has 2 fully saturated rings. The molecule has 144 valence electrons. The molecule has 0 radical (unpaired) electrons. The number of hydrogen-bond donors (Lipinski definition) is 0. The molecular formula is C19H31N5O2. The van der Waals surface area contributed by atoms with Crippen molar-refractivity contribution in [2.45, 2.75) is 45.1 Å². The molecule has 2 aliphatic heterocycles. The molecule has 7 nitrogen and oxygen atoms in total. The smallest absolute Gasteiger partial charge is 0.257 e. The van der Waals surface area contributed by atoms with Crippen molar-refractivity contribution in [2.24, 2.45) is 7.05 Å². The van der Waals surface area contributed by atoms with Crippen molar-refractivity contribution in [3.05, 3.63) is 18.0 Å². The van der Waals surface area contributed by atoms with Crippen LogP contribution in [0.5, 0.6) is 0 Å². The molecule has 3 heterocycles. The maximum Gasteiger partial charge on any atom is 0.257 e. The molecule has 0 spiro atoms. The van der Waals surface area contributed by atoms with E-state index >= 15 is 0 Å². The maximum absolute atomic E-state index is 12.7. The highest BCUT2D eigenvalue weighted by Crippen LogP contribution is 2.19. The summed E-state index contributed by atoms with van der Waals surface area (Å²) in [5, 5.41) is 4.10. The van der Waals surface area contributed by atoms with Crippen LogP contribution >= 0.6 is 0 Å². The minimum Gasteiger partial charge on any atom is -0.337 e. The second-order valence-corrected chi connectivity index (χ2v) is 7.56. The second-order valence-electron chi connectivity index (χ2n) is 7.56. The lowest BCUT2D eigenvalue weighted by Crippen LogP contribution is -2.53. The molecule has 3 rings (SSSR count). The van der Waals surface area contributed by atoms with Crippen LogP contribution in [0.25, 0.3) is 0 Å². The molecule has 1 aromatic heterocycles. The third-order valence-electron chi connectivity index (χ3n) is 5.59. The first-order valence-corrected chi connectivity index (χ1v) is 9.82. The number of aromatic nitrogens is 2. The van der Waals surface area contributed by atoms with Crippen molar-refractivity contribution in [3.63, 3.8) is 0 Å². The summed E-state index contributed by atoms with van der Waals surface area (Å²) < 4.78 is 1.65. The van der Waals surface area contributed by atoms with E-state index in [-0.39, 0.29) is 17.9 Å². The zero-order chi connectivity index (χ0) is 18.5. The first-order valence-electron chi connectivity index (χ1n) is 9.82. The first kappa shape index (κ1) is 18.9. The van der Waals surface area contributed by atoms with E-state index in [0.29, 0.717) is 12.1 Å². The molecule has 1 aromatic rings. The molecule has 1 atom stereocenters. The normalized spacial score (nSPS) is 21.6. The highest BCUT2D eigenvalue weighted by atomic mass is 16.2. The van der Waals surface area contributed by atoms with Crippen LogP contribution in [0, 0.1) is 0 Å². The largest absolute Gasteiger partial charge is 0.337 e. The average Bonchev–Trinajstić information content (AvgIpc) is 3.08. The molecule has 0 aliphatic carbocycles. The Morgan fingerprint density at radius 3 is 2.62 bits per heavy atom. The van der Waals surface area contributed by atoms with E-state index in [1.54, 1.807) is 24.0 Å². The number of nitrogens with zero attached hydrogens (tertiary/aromatic N) is 5. The summed E-state index contributed by atoms with van der Waals surface area (Å²) in [5.74, 6) is 0.130. The summed E-state index contributed by atoms with van der Waals surface area (Å²) in [4.78, 5) is 31.3. The van der Waals surface area contributed by atoms with Crippen molar-refractivity contribution in [3.8, 4) is 0 Å². The van der Waals surface area contributed by atoms with Crippen LogP contribution in [0.4, 0.5) is 0 Å². The molecule has 0 N–H and O–H groups in total. The summed E-state index contributed by atoms with van der Waals surface area (Å²) >= 11 is 0. The summed E-state index contributed by atoms with van der Waals surface area (Å²) in [5.41, 5.74) is 0.621. The molecule has 7 heteroatoms. The van der Waals surface area contributed by atoms with Crippen molar-refractivity contribution in [1.82, 2.24) is 24.5 Å². The van der Waals surface area contributed by atoms with Gasteiger partial charge in [-0.25, -0.2) is 0 Å². The van der Waals surface area contributed by atoms with Gasteiger partial charge >= 0.3 is 0 Å². The number of rotatable bonds is 5. The van der Waals surface area contributed by atoms with Crippen LogP contribution in [0.2, 0.25) is 0 Å². The Labute approximate surface area is 155 Å². The SMILES string of the molecule is CC(=O)N(CCN1CCCCC1)C1CCCN(C(=O)c2cnn(C)c2)C1. The predicted molar refractivity (Wildman–Crippen MR) is 99.8 cm³/mol. The summed E-state index contributed by atoms with van der Waals surface area (Å²) in [7, 11) is 1.81. The lowest BCUT2D eigenvalue weighted by molar-refractivity contribution is -0.132. The number of amides is 2. The fourth-order valence-corrected chi connectivity index (χ4v) is 4.14. The Morgan fingerprint density at radius 1 is 1.19 bits per heavy atom. The van der Waals surface area contributed by atoms with Gasteiger partial charge < -0.3 is 14.7 Å². The molecule has 2 aliphatic rings. The van der Waals surface area contributed by atoms with Crippen LogP contribution < -0.4 is 0 Å². The van der Waals surface area contributed by atoms with E-state index < -0.39 is 0 Å². The maximum atomic E-state index is 12.7. The Bertz CT molecular complexity index is 623. The minimum atomic E-state index is 0.0160. The third kappa shape index (κ3) is 4.63. The Morgan fingerprint density at radius 2 is 1.96 bits per heavy atom. The van der Waals surface area contributed by atoms with Crippen LogP contribution in [-0.4, -0.2) is 81.6 Å². The van der Waals surface area contributed by atoms with Crippen molar-refractivity contribution >= 4 is 11.8 Å². The van der Waals surface area contributed by atoms with E-state index in [4.69, 9.17) is 0 Å². The van der Waals surface area contributed by atoms with Gasteiger partial charge in [-0.3, -0.25) is 14.3 Å². The van der Waals surface area contributed by atoms with Gasteiger partial charge in [0.25, 0.3) is 5.91 Å². The van der Waals surface area contributed by atoms with Crippen LogP contribution in [0.3, 0.4) is 0 Å². The van der Waals surface area contributed by atoms with Crippen LogP contribution in [-0.2, 0) is 11.8 Å². The van der Waals surface area contributed by atoms with E-state index in [0.717, 1.165) is 45.6 Å². The lowest BCUT2D eigenvalue weighted by atomic mass is 10.0. The van der Waals surface area contributed by atoms with Gasteiger partial charge in [-0.2, -0.15) is 5.10 Å². The standard InChI is InChI=1S/C19H31N5O2/c1-16(25)24(12-11-22-8-4-3-5-9-22)18-7-6-10-23(15-18)19(26)17-13-20-21(2)14-17/h13-14,18H,3-12,15H2,1-2H3. The van der Waals surface area contributed by atoms with Gasteiger partial charge in [0.05, 0.1) is 11.8 Å². The van der Waals surface area contributed by atoms with Gasteiger partial charge in [0, 0.05) is 52.4 Å². The number of piperidine rings is 2.